The molecule has 0 saturated heterocycles. The predicted molar refractivity (Wildman–Crippen MR) is 118 cm³/mol. The molecule has 162 valence electrons. The Morgan fingerprint density at radius 2 is 1.71 bits per heavy atom. The standard InChI is InChI=1S/C23H24N2O5S/c1-16(2)22(23(26)27)25(31(28)29)20-9-5-18(6-10-20)19-7-11-21(12-8-19)30-15-17-4-3-13-24-14-17/h3-14,16,22H,15H2,1-2H3,(H,26,27)(H,28,29)/p-1. The van der Waals surface area contributed by atoms with E-state index in [-0.39, 0.29) is 0 Å². The first-order chi connectivity index (χ1) is 14.9. The largest absolute Gasteiger partial charge is 0.755 e. The Morgan fingerprint density at radius 1 is 1.10 bits per heavy atom. The van der Waals surface area contributed by atoms with E-state index in [0.29, 0.717) is 12.3 Å². The Bertz CT molecular complexity index is 1020. The van der Waals surface area contributed by atoms with Crippen LogP contribution in [0.25, 0.3) is 11.1 Å². The van der Waals surface area contributed by atoms with Gasteiger partial charge in [0.15, 0.2) is 0 Å². The molecule has 31 heavy (non-hydrogen) atoms. The molecule has 2 atom stereocenters. The zero-order chi connectivity index (χ0) is 22.4. The molecule has 3 rings (SSSR count). The summed E-state index contributed by atoms with van der Waals surface area (Å²) in [5.74, 6) is -0.863. The van der Waals surface area contributed by atoms with Crippen molar-refractivity contribution in [2.75, 3.05) is 4.31 Å². The molecule has 0 aliphatic heterocycles. The fourth-order valence-corrected chi connectivity index (χ4v) is 4.00. The van der Waals surface area contributed by atoms with Gasteiger partial charge < -0.3 is 14.4 Å². The maximum Gasteiger partial charge on any atom is 0.327 e. The molecule has 0 amide bonds. The van der Waals surface area contributed by atoms with Crippen molar-refractivity contribution in [1.29, 1.82) is 0 Å². The van der Waals surface area contributed by atoms with Gasteiger partial charge in [0.05, 0.1) is 0 Å². The number of hydrogen-bond acceptors (Lipinski definition) is 5. The molecule has 0 aliphatic rings. The molecule has 7 nitrogen and oxygen atoms in total. The summed E-state index contributed by atoms with van der Waals surface area (Å²) in [7, 11) is 0. The predicted octanol–water partition coefficient (Wildman–Crippen LogP) is 4.04. The summed E-state index contributed by atoms with van der Waals surface area (Å²) < 4.78 is 30.2. The number of carboxylic acid groups (broad SMARTS) is 1. The summed E-state index contributed by atoms with van der Waals surface area (Å²) in [6, 6.07) is 16.9. The molecular formula is C23H23N2O5S-. The van der Waals surface area contributed by atoms with E-state index in [0.717, 1.165) is 26.7 Å². The maximum atomic E-state index is 11.8. The van der Waals surface area contributed by atoms with Crippen LogP contribution in [0.1, 0.15) is 19.4 Å². The third-order valence-electron chi connectivity index (χ3n) is 4.74. The van der Waals surface area contributed by atoms with Crippen LogP contribution in [0.3, 0.4) is 0 Å². The molecule has 1 aromatic heterocycles. The molecule has 0 saturated carbocycles. The van der Waals surface area contributed by atoms with Gasteiger partial charge in [-0.3, -0.25) is 13.5 Å². The third-order valence-corrected chi connectivity index (χ3v) is 5.49. The van der Waals surface area contributed by atoms with Crippen LogP contribution in [0.4, 0.5) is 5.69 Å². The van der Waals surface area contributed by atoms with E-state index in [9.17, 15) is 18.7 Å². The Kier molecular flexibility index (Phi) is 7.38. The van der Waals surface area contributed by atoms with Gasteiger partial charge in [0.2, 0.25) is 0 Å². The summed E-state index contributed by atoms with van der Waals surface area (Å²) >= 11 is -2.72. The van der Waals surface area contributed by atoms with E-state index in [2.05, 4.69) is 4.98 Å². The number of carboxylic acids is 1. The van der Waals surface area contributed by atoms with Gasteiger partial charge in [-0.1, -0.05) is 44.2 Å². The number of benzene rings is 2. The number of rotatable bonds is 9. The molecule has 1 N–H and O–H groups in total. The van der Waals surface area contributed by atoms with E-state index < -0.39 is 29.2 Å². The second-order valence-electron chi connectivity index (χ2n) is 7.29. The summed E-state index contributed by atoms with van der Waals surface area (Å²) in [5.41, 5.74) is 3.07. The Morgan fingerprint density at radius 3 is 2.19 bits per heavy atom. The van der Waals surface area contributed by atoms with Crippen LogP contribution in [-0.4, -0.2) is 30.9 Å². The highest BCUT2D eigenvalue weighted by atomic mass is 32.2. The third kappa shape index (κ3) is 5.68. The molecule has 0 spiro atoms. The highest BCUT2D eigenvalue weighted by Gasteiger charge is 2.30. The highest BCUT2D eigenvalue weighted by Crippen LogP contribution is 2.28. The monoisotopic (exact) mass is 439 g/mol. The van der Waals surface area contributed by atoms with Crippen molar-refractivity contribution in [2.24, 2.45) is 5.92 Å². The summed E-state index contributed by atoms with van der Waals surface area (Å²) in [6.45, 7) is 3.76. The Hall–Kier alpha value is -3.23. The minimum Gasteiger partial charge on any atom is -0.755 e. The molecule has 0 radical (unpaired) electrons. The number of carbonyl (C=O) groups is 1. The Balaban J connectivity index is 1.74. The lowest BCUT2D eigenvalue weighted by Gasteiger charge is -2.34. The van der Waals surface area contributed by atoms with Crippen molar-refractivity contribution in [3.05, 3.63) is 78.6 Å². The van der Waals surface area contributed by atoms with E-state index in [1.165, 1.54) is 0 Å². The summed E-state index contributed by atoms with van der Waals surface area (Å²) in [6.07, 6.45) is 3.46. The molecule has 1 heterocycles. The van der Waals surface area contributed by atoms with Crippen molar-refractivity contribution >= 4 is 22.9 Å². The van der Waals surface area contributed by atoms with Gasteiger partial charge in [-0.2, -0.15) is 0 Å². The molecule has 8 heteroatoms. The topological polar surface area (TPSA) is 103 Å². The fraction of sp³-hybridized carbons (Fsp3) is 0.217. The molecule has 3 aromatic rings. The van der Waals surface area contributed by atoms with E-state index in [1.54, 1.807) is 50.5 Å². The van der Waals surface area contributed by atoms with Crippen molar-refractivity contribution < 1.29 is 23.4 Å². The molecule has 0 fully saturated rings. The van der Waals surface area contributed by atoms with E-state index in [4.69, 9.17) is 4.74 Å². The van der Waals surface area contributed by atoms with E-state index in [1.807, 2.05) is 36.4 Å². The van der Waals surface area contributed by atoms with Crippen molar-refractivity contribution in [2.45, 2.75) is 26.5 Å². The number of hydrogen-bond donors (Lipinski definition) is 1. The lowest BCUT2D eigenvalue weighted by Crippen LogP contribution is -2.45. The maximum absolute atomic E-state index is 11.8. The fourth-order valence-electron chi connectivity index (χ4n) is 3.19. The average molecular weight is 440 g/mol. The summed E-state index contributed by atoms with van der Waals surface area (Å²) in [5, 5.41) is 9.47. The molecule has 2 unspecified atom stereocenters. The minimum atomic E-state index is -2.72. The SMILES string of the molecule is CC(C)C(C(=O)O)N(c1ccc(-c2ccc(OCc3cccnc3)cc2)cc1)S(=O)[O-]. The summed E-state index contributed by atoms with van der Waals surface area (Å²) in [4.78, 5) is 15.7. The number of nitrogens with zero attached hydrogens (tertiary/aromatic N) is 2. The van der Waals surface area contributed by atoms with E-state index >= 15 is 0 Å². The lowest BCUT2D eigenvalue weighted by molar-refractivity contribution is -0.139. The number of ether oxygens (including phenoxy) is 1. The van der Waals surface area contributed by atoms with Crippen molar-refractivity contribution in [3.8, 4) is 16.9 Å². The zero-order valence-corrected chi connectivity index (χ0v) is 18.0. The van der Waals surface area contributed by atoms with Crippen LogP contribution in [-0.2, 0) is 22.7 Å². The van der Waals surface area contributed by atoms with Gasteiger partial charge >= 0.3 is 5.97 Å². The van der Waals surface area contributed by atoms with Crippen LogP contribution >= 0.6 is 0 Å². The second kappa shape index (κ2) is 10.2. The quantitative estimate of drug-likeness (QED) is 0.505. The van der Waals surface area contributed by atoms with Crippen LogP contribution in [0.2, 0.25) is 0 Å². The normalized spacial score (nSPS) is 12.9. The van der Waals surface area contributed by atoms with Crippen molar-refractivity contribution in [3.63, 3.8) is 0 Å². The highest BCUT2D eigenvalue weighted by molar-refractivity contribution is 7.80. The van der Waals surface area contributed by atoms with Gasteiger partial charge in [0.25, 0.3) is 0 Å². The number of aliphatic carboxylic acids is 1. The Labute approximate surface area is 183 Å². The molecule has 0 bridgehead atoms. The lowest BCUT2D eigenvalue weighted by atomic mass is 10.0. The van der Waals surface area contributed by atoms with Crippen LogP contribution < -0.4 is 9.04 Å². The average Bonchev–Trinajstić information content (AvgIpc) is 2.76. The van der Waals surface area contributed by atoms with Gasteiger partial charge in [-0.25, -0.2) is 4.79 Å². The first-order valence-corrected chi connectivity index (χ1v) is 10.7. The first-order valence-electron chi connectivity index (χ1n) is 9.70. The number of pyridine rings is 1. The minimum absolute atomic E-state index is 0.301. The number of aromatic nitrogens is 1. The zero-order valence-electron chi connectivity index (χ0n) is 17.2. The van der Waals surface area contributed by atoms with Crippen LogP contribution in [0, 0.1) is 5.92 Å². The molecule has 2 aromatic carbocycles. The van der Waals surface area contributed by atoms with Crippen LogP contribution in [0.15, 0.2) is 73.1 Å². The van der Waals surface area contributed by atoms with Gasteiger partial charge in [-0.15, -0.1) is 0 Å². The first kappa shape index (κ1) is 22.5. The second-order valence-corrected chi connectivity index (χ2v) is 8.12. The van der Waals surface area contributed by atoms with Crippen LogP contribution in [0.5, 0.6) is 5.75 Å². The van der Waals surface area contributed by atoms with Crippen molar-refractivity contribution in [1.82, 2.24) is 4.98 Å². The molecule has 0 aliphatic carbocycles. The van der Waals surface area contributed by atoms with Gasteiger partial charge in [0.1, 0.15) is 18.4 Å². The van der Waals surface area contributed by atoms with Gasteiger partial charge in [0, 0.05) is 34.9 Å². The van der Waals surface area contributed by atoms with Gasteiger partial charge in [-0.05, 0) is 47.4 Å². The smallest absolute Gasteiger partial charge is 0.327 e. The number of anilines is 1. The molecular weight excluding hydrogens is 416 g/mol.